The van der Waals surface area contributed by atoms with Crippen molar-refractivity contribution in [3.63, 3.8) is 0 Å². The molecule has 1 saturated heterocycles. The fourth-order valence-corrected chi connectivity index (χ4v) is 2.53. The van der Waals surface area contributed by atoms with Crippen LogP contribution >= 0.6 is 0 Å². The van der Waals surface area contributed by atoms with Crippen molar-refractivity contribution in [1.29, 1.82) is 0 Å². The smallest absolute Gasteiger partial charge is 0.122 e. The van der Waals surface area contributed by atoms with Crippen molar-refractivity contribution in [2.75, 3.05) is 25.5 Å². The first-order valence-electron chi connectivity index (χ1n) is 6.83. The summed E-state index contributed by atoms with van der Waals surface area (Å²) in [6, 6.07) is 4.89. The fraction of sp³-hybridized carbons (Fsp3) is 0.600. The molecule has 0 bridgehead atoms. The summed E-state index contributed by atoms with van der Waals surface area (Å²) in [5.74, 6) is 0.967. The molecule has 1 heterocycles. The highest BCUT2D eigenvalue weighted by atomic mass is 16.5. The molecule has 1 fully saturated rings. The van der Waals surface area contributed by atoms with Crippen LogP contribution in [0.4, 0.5) is 5.69 Å². The number of benzene rings is 1. The molecule has 1 unspecified atom stereocenters. The number of aryl methyl sites for hydroxylation is 2. The third-order valence-corrected chi connectivity index (χ3v) is 3.69. The predicted octanol–water partition coefficient (Wildman–Crippen LogP) is 2.87. The SMILES string of the molecule is COc1cc(C)c(NCC2CCCCN2)cc1C. The van der Waals surface area contributed by atoms with Gasteiger partial charge in [0.25, 0.3) is 0 Å². The molecule has 2 N–H and O–H groups in total. The van der Waals surface area contributed by atoms with E-state index >= 15 is 0 Å². The summed E-state index contributed by atoms with van der Waals surface area (Å²) in [4.78, 5) is 0. The first kappa shape index (κ1) is 13.2. The Morgan fingerprint density at radius 2 is 2.11 bits per heavy atom. The Hall–Kier alpha value is -1.22. The van der Waals surface area contributed by atoms with Gasteiger partial charge in [-0.15, -0.1) is 0 Å². The van der Waals surface area contributed by atoms with Crippen LogP contribution in [-0.4, -0.2) is 26.2 Å². The second-order valence-corrected chi connectivity index (χ2v) is 5.16. The lowest BCUT2D eigenvalue weighted by Crippen LogP contribution is -2.39. The van der Waals surface area contributed by atoms with Gasteiger partial charge in [0.05, 0.1) is 7.11 Å². The molecule has 0 aromatic heterocycles. The number of piperidine rings is 1. The van der Waals surface area contributed by atoms with Crippen LogP contribution in [0.3, 0.4) is 0 Å². The highest BCUT2D eigenvalue weighted by molar-refractivity contribution is 5.57. The van der Waals surface area contributed by atoms with E-state index in [1.54, 1.807) is 7.11 Å². The van der Waals surface area contributed by atoms with E-state index in [1.165, 1.54) is 36.1 Å². The lowest BCUT2D eigenvalue weighted by molar-refractivity contribution is 0.411. The summed E-state index contributed by atoms with van der Waals surface area (Å²) >= 11 is 0. The molecule has 18 heavy (non-hydrogen) atoms. The van der Waals surface area contributed by atoms with Gasteiger partial charge in [0.15, 0.2) is 0 Å². The molecule has 0 radical (unpaired) electrons. The maximum absolute atomic E-state index is 5.34. The van der Waals surface area contributed by atoms with E-state index in [9.17, 15) is 0 Å². The van der Waals surface area contributed by atoms with E-state index in [4.69, 9.17) is 4.74 Å². The van der Waals surface area contributed by atoms with Crippen molar-refractivity contribution < 1.29 is 4.74 Å². The Balaban J connectivity index is 1.98. The highest BCUT2D eigenvalue weighted by Crippen LogP contribution is 2.26. The Kier molecular flexibility index (Phi) is 4.48. The van der Waals surface area contributed by atoms with Crippen LogP contribution in [-0.2, 0) is 0 Å². The van der Waals surface area contributed by atoms with Gasteiger partial charge in [0.1, 0.15) is 5.75 Å². The largest absolute Gasteiger partial charge is 0.496 e. The number of hydrogen-bond acceptors (Lipinski definition) is 3. The van der Waals surface area contributed by atoms with Gasteiger partial charge in [0, 0.05) is 18.3 Å². The fourth-order valence-electron chi connectivity index (χ4n) is 2.53. The Morgan fingerprint density at radius 1 is 1.28 bits per heavy atom. The van der Waals surface area contributed by atoms with Crippen LogP contribution in [0.2, 0.25) is 0 Å². The molecule has 1 atom stereocenters. The number of nitrogens with one attached hydrogen (secondary N) is 2. The van der Waals surface area contributed by atoms with Crippen LogP contribution in [0.15, 0.2) is 12.1 Å². The third-order valence-electron chi connectivity index (χ3n) is 3.69. The van der Waals surface area contributed by atoms with Crippen molar-refractivity contribution >= 4 is 5.69 Å². The van der Waals surface area contributed by atoms with Gasteiger partial charge in [-0.05, 0) is 56.5 Å². The van der Waals surface area contributed by atoms with Crippen LogP contribution in [0.25, 0.3) is 0 Å². The maximum Gasteiger partial charge on any atom is 0.122 e. The molecule has 0 aliphatic carbocycles. The van der Waals surface area contributed by atoms with Gasteiger partial charge in [0.2, 0.25) is 0 Å². The number of methoxy groups -OCH3 is 1. The summed E-state index contributed by atoms with van der Waals surface area (Å²) in [5, 5.41) is 7.12. The molecule has 3 nitrogen and oxygen atoms in total. The zero-order chi connectivity index (χ0) is 13.0. The molecule has 1 aromatic rings. The standard InChI is InChI=1S/C15H24N2O/c1-11-9-15(18-3)12(2)8-14(11)17-10-13-6-4-5-7-16-13/h8-9,13,16-17H,4-7,10H2,1-3H3. The lowest BCUT2D eigenvalue weighted by Gasteiger charge is -2.24. The Morgan fingerprint density at radius 3 is 2.78 bits per heavy atom. The second-order valence-electron chi connectivity index (χ2n) is 5.16. The van der Waals surface area contributed by atoms with Gasteiger partial charge in [-0.1, -0.05) is 6.42 Å². The minimum atomic E-state index is 0.612. The number of ether oxygens (including phenoxy) is 1. The molecule has 1 aliphatic heterocycles. The van der Waals surface area contributed by atoms with Crippen molar-refractivity contribution in [2.45, 2.75) is 39.2 Å². The van der Waals surface area contributed by atoms with E-state index in [0.717, 1.165) is 18.8 Å². The molecular weight excluding hydrogens is 224 g/mol. The normalized spacial score (nSPS) is 19.6. The summed E-state index contributed by atoms with van der Waals surface area (Å²) in [7, 11) is 1.72. The molecule has 1 aromatic carbocycles. The third kappa shape index (κ3) is 3.16. The molecule has 3 heteroatoms. The molecule has 0 spiro atoms. The van der Waals surface area contributed by atoms with E-state index in [0.29, 0.717) is 6.04 Å². The number of anilines is 1. The van der Waals surface area contributed by atoms with Crippen molar-refractivity contribution in [1.82, 2.24) is 5.32 Å². The van der Waals surface area contributed by atoms with E-state index in [-0.39, 0.29) is 0 Å². The number of rotatable bonds is 4. The topological polar surface area (TPSA) is 33.3 Å². The Labute approximate surface area is 110 Å². The van der Waals surface area contributed by atoms with Gasteiger partial charge in [-0.3, -0.25) is 0 Å². The van der Waals surface area contributed by atoms with E-state index in [2.05, 4.69) is 36.6 Å². The number of hydrogen-bond donors (Lipinski definition) is 2. The average molecular weight is 248 g/mol. The summed E-state index contributed by atoms with van der Waals surface area (Å²) < 4.78 is 5.34. The van der Waals surface area contributed by atoms with Gasteiger partial charge < -0.3 is 15.4 Å². The average Bonchev–Trinajstić information content (AvgIpc) is 2.40. The van der Waals surface area contributed by atoms with Crippen molar-refractivity contribution in [2.24, 2.45) is 0 Å². The zero-order valence-corrected chi connectivity index (χ0v) is 11.7. The minimum absolute atomic E-state index is 0.612. The molecule has 1 aliphatic rings. The minimum Gasteiger partial charge on any atom is -0.496 e. The van der Waals surface area contributed by atoms with E-state index in [1.807, 2.05) is 0 Å². The quantitative estimate of drug-likeness (QED) is 0.859. The summed E-state index contributed by atoms with van der Waals surface area (Å²) in [6.07, 6.45) is 3.94. The first-order chi connectivity index (χ1) is 8.70. The highest BCUT2D eigenvalue weighted by Gasteiger charge is 2.12. The maximum atomic E-state index is 5.34. The second kappa shape index (κ2) is 6.10. The van der Waals surface area contributed by atoms with Crippen LogP contribution in [0.1, 0.15) is 30.4 Å². The van der Waals surface area contributed by atoms with Gasteiger partial charge in [-0.2, -0.15) is 0 Å². The monoisotopic (exact) mass is 248 g/mol. The molecule has 2 rings (SSSR count). The molecular formula is C15H24N2O. The molecule has 100 valence electrons. The van der Waals surface area contributed by atoms with Gasteiger partial charge >= 0.3 is 0 Å². The van der Waals surface area contributed by atoms with E-state index < -0.39 is 0 Å². The Bertz CT molecular complexity index is 398. The van der Waals surface area contributed by atoms with Crippen molar-refractivity contribution in [3.8, 4) is 5.75 Å². The van der Waals surface area contributed by atoms with Crippen LogP contribution in [0, 0.1) is 13.8 Å². The first-order valence-corrected chi connectivity index (χ1v) is 6.83. The summed E-state index contributed by atoms with van der Waals surface area (Å²) in [5.41, 5.74) is 3.65. The van der Waals surface area contributed by atoms with Crippen molar-refractivity contribution in [3.05, 3.63) is 23.3 Å². The zero-order valence-electron chi connectivity index (χ0n) is 11.7. The molecule has 0 saturated carbocycles. The molecule has 0 amide bonds. The predicted molar refractivity (Wildman–Crippen MR) is 76.6 cm³/mol. The summed E-state index contributed by atoms with van der Waals surface area (Å²) in [6.45, 7) is 6.38. The van der Waals surface area contributed by atoms with Gasteiger partial charge in [-0.25, -0.2) is 0 Å². The van der Waals surface area contributed by atoms with Crippen LogP contribution < -0.4 is 15.4 Å². The lowest BCUT2D eigenvalue weighted by atomic mass is 10.0. The van der Waals surface area contributed by atoms with Crippen LogP contribution in [0.5, 0.6) is 5.75 Å².